The SMILES string of the molecule is CCc1ccc(-c2ccc(C3CCC(C)CC3)c(F)c2F)c(F)c1F. The van der Waals surface area contributed by atoms with Crippen LogP contribution in [0.3, 0.4) is 0 Å². The smallest absolute Gasteiger partial charge is 0.167 e. The number of halogens is 4. The van der Waals surface area contributed by atoms with Crippen LogP contribution in [0.4, 0.5) is 17.6 Å². The van der Waals surface area contributed by atoms with Crippen molar-refractivity contribution in [2.75, 3.05) is 0 Å². The molecule has 0 unspecified atom stereocenters. The van der Waals surface area contributed by atoms with Crippen LogP contribution in [-0.2, 0) is 6.42 Å². The molecule has 3 rings (SSSR count). The van der Waals surface area contributed by atoms with Crippen molar-refractivity contribution in [3.63, 3.8) is 0 Å². The number of hydrogen-bond donors (Lipinski definition) is 0. The van der Waals surface area contributed by atoms with E-state index in [0.29, 0.717) is 17.9 Å². The molecule has 0 aliphatic heterocycles. The molecule has 1 saturated carbocycles. The Bertz CT molecular complexity index is 774. The Balaban J connectivity index is 2.00. The third-order valence-electron chi connectivity index (χ3n) is 5.40. The topological polar surface area (TPSA) is 0 Å². The molecule has 0 N–H and O–H groups in total. The predicted octanol–water partition coefficient (Wildman–Crippen LogP) is 6.77. The summed E-state index contributed by atoms with van der Waals surface area (Å²) in [6, 6.07) is 5.63. The van der Waals surface area contributed by atoms with Crippen LogP contribution in [0, 0.1) is 29.2 Å². The zero-order valence-corrected chi connectivity index (χ0v) is 14.5. The molecule has 0 spiro atoms. The highest BCUT2D eigenvalue weighted by molar-refractivity contribution is 5.66. The van der Waals surface area contributed by atoms with Gasteiger partial charge in [0.2, 0.25) is 0 Å². The summed E-state index contributed by atoms with van der Waals surface area (Å²) >= 11 is 0. The number of benzene rings is 2. The van der Waals surface area contributed by atoms with E-state index in [1.54, 1.807) is 6.92 Å². The maximum absolute atomic E-state index is 14.6. The first-order valence-corrected chi connectivity index (χ1v) is 8.89. The molecule has 25 heavy (non-hydrogen) atoms. The Morgan fingerprint density at radius 3 is 1.92 bits per heavy atom. The zero-order valence-electron chi connectivity index (χ0n) is 14.5. The molecule has 0 radical (unpaired) electrons. The quantitative estimate of drug-likeness (QED) is 0.536. The maximum Gasteiger partial charge on any atom is 0.167 e. The predicted molar refractivity (Wildman–Crippen MR) is 91.5 cm³/mol. The van der Waals surface area contributed by atoms with Gasteiger partial charge in [-0.15, -0.1) is 0 Å². The normalized spacial score (nSPS) is 20.7. The Morgan fingerprint density at radius 1 is 0.760 bits per heavy atom. The van der Waals surface area contributed by atoms with E-state index in [1.807, 2.05) is 0 Å². The van der Waals surface area contributed by atoms with Crippen molar-refractivity contribution < 1.29 is 17.6 Å². The average Bonchev–Trinajstić information content (AvgIpc) is 2.61. The Labute approximate surface area is 145 Å². The van der Waals surface area contributed by atoms with Crippen LogP contribution < -0.4 is 0 Å². The Hall–Kier alpha value is -1.84. The van der Waals surface area contributed by atoms with Crippen molar-refractivity contribution in [1.82, 2.24) is 0 Å². The summed E-state index contributed by atoms with van der Waals surface area (Å²) < 4.78 is 57.5. The summed E-state index contributed by atoms with van der Waals surface area (Å²) in [7, 11) is 0. The summed E-state index contributed by atoms with van der Waals surface area (Å²) in [6.45, 7) is 3.87. The van der Waals surface area contributed by atoms with Crippen LogP contribution in [-0.4, -0.2) is 0 Å². The van der Waals surface area contributed by atoms with Gasteiger partial charge >= 0.3 is 0 Å². The van der Waals surface area contributed by atoms with Gasteiger partial charge in [0.1, 0.15) is 0 Å². The van der Waals surface area contributed by atoms with Crippen LogP contribution in [0.15, 0.2) is 24.3 Å². The van der Waals surface area contributed by atoms with Gasteiger partial charge in [0.15, 0.2) is 23.3 Å². The largest absolute Gasteiger partial charge is 0.203 e. The monoisotopic (exact) mass is 350 g/mol. The summed E-state index contributed by atoms with van der Waals surface area (Å²) in [4.78, 5) is 0. The van der Waals surface area contributed by atoms with Crippen LogP contribution >= 0.6 is 0 Å². The Kier molecular flexibility index (Phi) is 5.16. The van der Waals surface area contributed by atoms with E-state index in [1.165, 1.54) is 24.3 Å². The highest BCUT2D eigenvalue weighted by Crippen LogP contribution is 2.39. The molecule has 0 nitrogen and oxygen atoms in total. The highest BCUT2D eigenvalue weighted by atomic mass is 19.2. The molecule has 0 bridgehead atoms. The van der Waals surface area contributed by atoms with Crippen LogP contribution in [0.5, 0.6) is 0 Å². The van der Waals surface area contributed by atoms with E-state index in [0.717, 1.165) is 25.7 Å². The lowest BCUT2D eigenvalue weighted by Gasteiger charge is -2.27. The summed E-state index contributed by atoms with van der Waals surface area (Å²) in [6.07, 6.45) is 3.96. The van der Waals surface area contributed by atoms with Gasteiger partial charge in [-0.3, -0.25) is 0 Å². The molecule has 2 aromatic carbocycles. The second kappa shape index (κ2) is 7.19. The van der Waals surface area contributed by atoms with Crippen molar-refractivity contribution in [2.24, 2.45) is 5.92 Å². The fraction of sp³-hybridized carbons (Fsp3) is 0.429. The summed E-state index contributed by atoms with van der Waals surface area (Å²) in [5.74, 6) is -3.56. The number of rotatable bonds is 3. The van der Waals surface area contributed by atoms with Gasteiger partial charge in [-0.1, -0.05) is 51.0 Å². The maximum atomic E-state index is 14.6. The first-order valence-electron chi connectivity index (χ1n) is 8.89. The van der Waals surface area contributed by atoms with Gasteiger partial charge in [0, 0.05) is 11.1 Å². The second-order valence-corrected chi connectivity index (χ2v) is 7.04. The molecule has 0 amide bonds. The molecule has 0 heterocycles. The lowest BCUT2D eigenvalue weighted by molar-refractivity contribution is 0.339. The number of hydrogen-bond acceptors (Lipinski definition) is 0. The molecule has 1 aliphatic rings. The Morgan fingerprint density at radius 2 is 1.32 bits per heavy atom. The van der Waals surface area contributed by atoms with Gasteiger partial charge < -0.3 is 0 Å². The summed E-state index contributed by atoms with van der Waals surface area (Å²) in [5.41, 5.74) is 0.0914. The lowest BCUT2D eigenvalue weighted by Crippen LogP contribution is -2.13. The fourth-order valence-electron chi connectivity index (χ4n) is 3.73. The molecule has 4 heteroatoms. The first kappa shape index (κ1) is 18.0. The molecule has 134 valence electrons. The second-order valence-electron chi connectivity index (χ2n) is 7.04. The van der Waals surface area contributed by atoms with Gasteiger partial charge in [-0.25, -0.2) is 17.6 Å². The third-order valence-corrected chi connectivity index (χ3v) is 5.40. The standard InChI is InChI=1S/C21H22F4/c1-3-13-8-9-16(20(24)18(13)22)17-11-10-15(19(23)21(17)25)14-6-4-12(2)5-7-14/h8-12,14H,3-7H2,1-2H3. The van der Waals surface area contributed by atoms with E-state index in [4.69, 9.17) is 0 Å². The minimum atomic E-state index is -1.13. The zero-order chi connectivity index (χ0) is 18.1. The highest BCUT2D eigenvalue weighted by Gasteiger charge is 2.26. The van der Waals surface area contributed by atoms with Crippen molar-refractivity contribution in [1.29, 1.82) is 0 Å². The third kappa shape index (κ3) is 3.31. The van der Waals surface area contributed by atoms with Crippen LogP contribution in [0.25, 0.3) is 11.1 Å². The molecular formula is C21H22F4. The van der Waals surface area contributed by atoms with Crippen LogP contribution in [0.2, 0.25) is 0 Å². The first-order chi connectivity index (χ1) is 11.9. The molecule has 0 atom stereocenters. The van der Waals surface area contributed by atoms with E-state index < -0.39 is 23.3 Å². The average molecular weight is 350 g/mol. The minimum Gasteiger partial charge on any atom is -0.203 e. The fourth-order valence-corrected chi connectivity index (χ4v) is 3.73. The summed E-state index contributed by atoms with van der Waals surface area (Å²) in [5, 5.41) is 0. The van der Waals surface area contributed by atoms with E-state index in [2.05, 4.69) is 6.92 Å². The van der Waals surface area contributed by atoms with Crippen molar-refractivity contribution in [3.05, 3.63) is 58.7 Å². The van der Waals surface area contributed by atoms with E-state index >= 15 is 0 Å². The van der Waals surface area contributed by atoms with Crippen LogP contribution in [0.1, 0.15) is 56.6 Å². The molecule has 2 aromatic rings. The molecule has 0 aromatic heterocycles. The van der Waals surface area contributed by atoms with Gasteiger partial charge in [0.05, 0.1) is 0 Å². The van der Waals surface area contributed by atoms with Crippen molar-refractivity contribution in [2.45, 2.75) is 51.9 Å². The van der Waals surface area contributed by atoms with Crippen molar-refractivity contribution in [3.8, 4) is 11.1 Å². The van der Waals surface area contributed by atoms with Crippen molar-refractivity contribution >= 4 is 0 Å². The molecule has 0 saturated heterocycles. The van der Waals surface area contributed by atoms with E-state index in [9.17, 15) is 17.6 Å². The molecular weight excluding hydrogens is 328 g/mol. The van der Waals surface area contributed by atoms with Gasteiger partial charge in [0.25, 0.3) is 0 Å². The lowest BCUT2D eigenvalue weighted by atomic mass is 9.79. The van der Waals surface area contributed by atoms with E-state index in [-0.39, 0.29) is 22.6 Å². The van der Waals surface area contributed by atoms with Gasteiger partial charge in [-0.05, 0) is 42.2 Å². The molecule has 1 fully saturated rings. The molecule has 1 aliphatic carbocycles. The minimum absolute atomic E-state index is 0.0104. The van der Waals surface area contributed by atoms with Gasteiger partial charge in [-0.2, -0.15) is 0 Å². The number of aryl methyl sites for hydroxylation is 1.